The molecule has 1 aromatic carbocycles. The Balaban J connectivity index is 1.43. The second-order valence-corrected chi connectivity index (χ2v) is 7.06. The van der Waals surface area contributed by atoms with Gasteiger partial charge in [0, 0.05) is 18.5 Å². The van der Waals surface area contributed by atoms with Gasteiger partial charge in [0.25, 0.3) is 0 Å². The fraction of sp³-hybridized carbons (Fsp3) is 0.632. The molecule has 4 nitrogen and oxygen atoms in total. The van der Waals surface area contributed by atoms with Crippen molar-refractivity contribution in [2.45, 2.75) is 63.6 Å². The Labute approximate surface area is 143 Å². The third kappa shape index (κ3) is 4.47. The van der Waals surface area contributed by atoms with Crippen LogP contribution in [0.4, 0.5) is 4.39 Å². The Morgan fingerprint density at radius 1 is 1.33 bits per heavy atom. The first-order valence-corrected chi connectivity index (χ1v) is 9.08. The van der Waals surface area contributed by atoms with E-state index in [-0.39, 0.29) is 23.6 Å². The van der Waals surface area contributed by atoms with Crippen LogP contribution in [0.15, 0.2) is 24.3 Å². The standard InChI is InChI=1S/C19H27FN2O2/c1-2-16(24-18-6-4-3-5-17(18)20)12-21-19(23)11-13-9-14-7-8-15(10-13)22-14/h3-6,13-16,22H,2,7-12H2,1H3,(H,21,23). The van der Waals surface area contributed by atoms with Crippen molar-refractivity contribution in [3.63, 3.8) is 0 Å². The average Bonchev–Trinajstić information content (AvgIpc) is 2.91. The zero-order valence-electron chi connectivity index (χ0n) is 14.3. The normalized spacial score (nSPS) is 26.8. The summed E-state index contributed by atoms with van der Waals surface area (Å²) >= 11 is 0. The van der Waals surface area contributed by atoms with Gasteiger partial charge >= 0.3 is 0 Å². The third-order valence-corrected chi connectivity index (χ3v) is 5.16. The number of hydrogen-bond donors (Lipinski definition) is 2. The summed E-state index contributed by atoms with van der Waals surface area (Å²) in [5.74, 6) is 0.439. The van der Waals surface area contributed by atoms with Crippen LogP contribution in [0.5, 0.6) is 5.75 Å². The van der Waals surface area contributed by atoms with Crippen molar-refractivity contribution in [2.24, 2.45) is 5.92 Å². The van der Waals surface area contributed by atoms with Crippen molar-refractivity contribution in [1.82, 2.24) is 10.6 Å². The number of para-hydroxylation sites is 1. The zero-order valence-corrected chi connectivity index (χ0v) is 14.3. The number of nitrogens with one attached hydrogen (secondary N) is 2. The molecule has 2 saturated heterocycles. The molecule has 3 rings (SSSR count). The molecule has 24 heavy (non-hydrogen) atoms. The molecule has 2 bridgehead atoms. The maximum absolute atomic E-state index is 13.7. The van der Waals surface area contributed by atoms with Gasteiger partial charge in [-0.2, -0.15) is 0 Å². The van der Waals surface area contributed by atoms with E-state index in [4.69, 9.17) is 4.74 Å². The van der Waals surface area contributed by atoms with Gasteiger partial charge in [0.1, 0.15) is 6.10 Å². The molecule has 0 saturated carbocycles. The van der Waals surface area contributed by atoms with E-state index < -0.39 is 0 Å². The summed E-state index contributed by atoms with van der Waals surface area (Å²) in [6.07, 6.45) is 5.79. The Hall–Kier alpha value is -1.62. The number of fused-ring (bicyclic) bond motifs is 2. The molecule has 2 fully saturated rings. The Kier molecular flexibility index (Phi) is 5.72. The van der Waals surface area contributed by atoms with Crippen molar-refractivity contribution in [3.05, 3.63) is 30.1 Å². The van der Waals surface area contributed by atoms with Crippen LogP contribution in [0.3, 0.4) is 0 Å². The Morgan fingerprint density at radius 3 is 2.71 bits per heavy atom. The highest BCUT2D eigenvalue weighted by molar-refractivity contribution is 5.76. The van der Waals surface area contributed by atoms with Crippen LogP contribution in [-0.4, -0.2) is 30.6 Å². The number of carbonyl (C=O) groups excluding carboxylic acids is 1. The maximum atomic E-state index is 13.7. The van der Waals surface area contributed by atoms with Gasteiger partial charge in [0.15, 0.2) is 11.6 Å². The van der Waals surface area contributed by atoms with Gasteiger partial charge in [-0.3, -0.25) is 4.79 Å². The minimum absolute atomic E-state index is 0.0804. The van der Waals surface area contributed by atoms with Crippen molar-refractivity contribution in [1.29, 1.82) is 0 Å². The summed E-state index contributed by atoms with van der Waals surface area (Å²) < 4.78 is 19.3. The highest BCUT2D eigenvalue weighted by atomic mass is 19.1. The summed E-state index contributed by atoms with van der Waals surface area (Å²) in [5, 5.41) is 6.56. The van der Waals surface area contributed by atoms with Gasteiger partial charge < -0.3 is 15.4 Å². The molecule has 0 radical (unpaired) electrons. The highest BCUT2D eigenvalue weighted by Crippen LogP contribution is 2.32. The van der Waals surface area contributed by atoms with Crippen LogP contribution in [0.25, 0.3) is 0 Å². The summed E-state index contributed by atoms with van der Waals surface area (Å²) in [7, 11) is 0. The predicted molar refractivity (Wildman–Crippen MR) is 91.4 cm³/mol. The van der Waals surface area contributed by atoms with Gasteiger partial charge in [-0.05, 0) is 50.2 Å². The van der Waals surface area contributed by atoms with Crippen molar-refractivity contribution < 1.29 is 13.9 Å². The molecule has 132 valence electrons. The number of amides is 1. The molecule has 5 heteroatoms. The fourth-order valence-corrected chi connectivity index (χ4v) is 3.89. The van der Waals surface area contributed by atoms with E-state index in [2.05, 4.69) is 10.6 Å². The average molecular weight is 334 g/mol. The molecule has 3 unspecified atom stereocenters. The number of ether oxygens (including phenoxy) is 1. The molecular weight excluding hydrogens is 307 g/mol. The first-order valence-electron chi connectivity index (χ1n) is 9.08. The molecule has 2 aliphatic heterocycles. The number of rotatable bonds is 7. The minimum atomic E-state index is -0.368. The lowest BCUT2D eigenvalue weighted by Gasteiger charge is -2.28. The molecule has 1 aromatic rings. The van der Waals surface area contributed by atoms with E-state index in [0.717, 1.165) is 12.8 Å². The van der Waals surface area contributed by atoms with E-state index in [9.17, 15) is 9.18 Å². The van der Waals surface area contributed by atoms with E-state index in [1.165, 1.54) is 18.9 Å². The smallest absolute Gasteiger partial charge is 0.220 e. The van der Waals surface area contributed by atoms with Crippen molar-refractivity contribution in [2.75, 3.05) is 6.54 Å². The number of hydrogen-bond acceptors (Lipinski definition) is 3. The minimum Gasteiger partial charge on any atom is -0.486 e. The topological polar surface area (TPSA) is 50.4 Å². The maximum Gasteiger partial charge on any atom is 0.220 e. The quantitative estimate of drug-likeness (QED) is 0.806. The highest BCUT2D eigenvalue weighted by Gasteiger charge is 2.34. The Morgan fingerprint density at radius 2 is 2.04 bits per heavy atom. The number of piperidine rings is 1. The fourth-order valence-electron chi connectivity index (χ4n) is 3.89. The van der Waals surface area contributed by atoms with Crippen LogP contribution in [0.2, 0.25) is 0 Å². The molecule has 0 aromatic heterocycles. The van der Waals surface area contributed by atoms with Crippen LogP contribution >= 0.6 is 0 Å². The summed E-state index contributed by atoms with van der Waals surface area (Å²) in [4.78, 5) is 12.2. The summed E-state index contributed by atoms with van der Waals surface area (Å²) in [6, 6.07) is 7.59. The van der Waals surface area contributed by atoms with Crippen LogP contribution < -0.4 is 15.4 Å². The van der Waals surface area contributed by atoms with Crippen molar-refractivity contribution in [3.8, 4) is 5.75 Å². The molecule has 2 aliphatic rings. The summed E-state index contributed by atoms with van der Waals surface area (Å²) in [6.45, 7) is 2.39. The molecule has 2 heterocycles. The second kappa shape index (κ2) is 7.97. The zero-order chi connectivity index (χ0) is 16.9. The van der Waals surface area contributed by atoms with Crippen LogP contribution in [0.1, 0.15) is 45.4 Å². The second-order valence-electron chi connectivity index (χ2n) is 7.06. The largest absolute Gasteiger partial charge is 0.486 e. The predicted octanol–water partition coefficient (Wildman–Crippen LogP) is 3.02. The van der Waals surface area contributed by atoms with Gasteiger partial charge in [0.05, 0.1) is 6.54 Å². The van der Waals surface area contributed by atoms with Crippen LogP contribution in [0, 0.1) is 11.7 Å². The van der Waals surface area contributed by atoms with Crippen molar-refractivity contribution >= 4 is 5.91 Å². The van der Waals surface area contributed by atoms with E-state index in [1.54, 1.807) is 18.2 Å². The van der Waals surface area contributed by atoms with Gasteiger partial charge in [-0.25, -0.2) is 4.39 Å². The van der Waals surface area contributed by atoms with Gasteiger partial charge in [-0.1, -0.05) is 19.1 Å². The SMILES string of the molecule is CCC(CNC(=O)CC1CC2CCC(C1)N2)Oc1ccccc1F. The monoisotopic (exact) mass is 334 g/mol. The molecule has 1 amide bonds. The van der Waals surface area contributed by atoms with Gasteiger partial charge in [0.2, 0.25) is 5.91 Å². The molecule has 0 aliphatic carbocycles. The van der Waals surface area contributed by atoms with Crippen LogP contribution in [-0.2, 0) is 4.79 Å². The first kappa shape index (κ1) is 17.2. The number of benzene rings is 1. The Bertz CT molecular complexity index is 554. The van der Waals surface area contributed by atoms with Gasteiger partial charge in [-0.15, -0.1) is 0 Å². The van der Waals surface area contributed by atoms with E-state index >= 15 is 0 Å². The summed E-state index contributed by atoms with van der Waals surface area (Å²) in [5.41, 5.74) is 0. The van der Waals surface area contributed by atoms with E-state index in [0.29, 0.717) is 37.4 Å². The first-order chi connectivity index (χ1) is 11.6. The number of carbonyl (C=O) groups is 1. The number of halogens is 1. The molecular formula is C19H27FN2O2. The van der Waals surface area contributed by atoms with E-state index in [1.807, 2.05) is 6.92 Å². The third-order valence-electron chi connectivity index (χ3n) is 5.16. The molecule has 3 atom stereocenters. The lowest BCUT2D eigenvalue weighted by molar-refractivity contribution is -0.122. The lowest BCUT2D eigenvalue weighted by Crippen LogP contribution is -2.41. The lowest BCUT2D eigenvalue weighted by atomic mass is 9.89. The molecule has 0 spiro atoms. The molecule has 2 N–H and O–H groups in total.